The Bertz CT molecular complexity index is 583. The van der Waals surface area contributed by atoms with Crippen LogP contribution in [0, 0.1) is 0 Å². The lowest BCUT2D eigenvalue weighted by Crippen LogP contribution is -2.43. The Morgan fingerprint density at radius 2 is 1.03 bits per heavy atom. The third kappa shape index (κ3) is 24.0. The van der Waals surface area contributed by atoms with E-state index in [-0.39, 0.29) is 28.7 Å². The van der Waals surface area contributed by atoms with E-state index in [1.807, 2.05) is 20.8 Å². The first-order valence-electron chi connectivity index (χ1n) is 15.1. The van der Waals surface area contributed by atoms with Crippen molar-refractivity contribution in [2.45, 2.75) is 156 Å². The Kier molecular flexibility index (Phi) is 16.0. The van der Waals surface area contributed by atoms with Crippen molar-refractivity contribution in [3.8, 4) is 0 Å². The van der Waals surface area contributed by atoms with E-state index in [1.165, 1.54) is 12.8 Å². The summed E-state index contributed by atoms with van der Waals surface area (Å²) < 4.78 is 33.1. The molecule has 3 heterocycles. The van der Waals surface area contributed by atoms with Crippen LogP contribution in [-0.2, 0) is 28.4 Å². The molecular formula is C31H64N2O6. The molecule has 1 saturated carbocycles. The van der Waals surface area contributed by atoms with Crippen LogP contribution >= 0.6 is 0 Å². The molecule has 8 nitrogen and oxygen atoms in total. The zero-order chi connectivity index (χ0) is 29.7. The van der Waals surface area contributed by atoms with Crippen molar-refractivity contribution < 1.29 is 28.4 Å². The minimum atomic E-state index is -0.107. The zero-order valence-corrected chi connectivity index (χ0v) is 27.5. The van der Waals surface area contributed by atoms with Crippen LogP contribution in [0.3, 0.4) is 0 Å². The van der Waals surface area contributed by atoms with Gasteiger partial charge in [0.15, 0.2) is 6.29 Å². The fourth-order valence-corrected chi connectivity index (χ4v) is 4.03. The van der Waals surface area contributed by atoms with Gasteiger partial charge in [0.2, 0.25) is 0 Å². The molecule has 3 saturated heterocycles. The average molecular weight is 561 g/mol. The standard InChI is InChI=1S/C8H17NO2.C8H17NO.C8H16O2.C7H14O/c1-8(2,3)11-7-6-9-4-5-10-7;2*1-8(2,3)10-7-4-5-9-6-7;1-7(2,3)8-6-4-5-6/h7,9H,4-6H2,1-3H3;7,9H,4-6H2,1-3H3;7H,4-6H2,1-3H3;6H,4-5H2,1-3H3. The predicted octanol–water partition coefficient (Wildman–Crippen LogP) is 5.47. The Hall–Kier alpha value is -0.320. The third-order valence-corrected chi connectivity index (χ3v) is 5.37. The molecule has 0 aromatic rings. The smallest absolute Gasteiger partial charge is 0.170 e. The van der Waals surface area contributed by atoms with E-state index in [9.17, 15) is 0 Å². The lowest BCUT2D eigenvalue weighted by atomic mass is 10.2. The molecule has 234 valence electrons. The summed E-state index contributed by atoms with van der Waals surface area (Å²) in [5.74, 6) is 0. The molecule has 4 rings (SSSR count). The summed E-state index contributed by atoms with van der Waals surface area (Å²) in [7, 11) is 0. The van der Waals surface area contributed by atoms with E-state index in [0.29, 0.717) is 18.3 Å². The average Bonchev–Trinajstić information content (AvgIpc) is 3.17. The highest BCUT2D eigenvalue weighted by molar-refractivity contribution is 4.77. The van der Waals surface area contributed by atoms with Gasteiger partial charge < -0.3 is 39.1 Å². The van der Waals surface area contributed by atoms with Gasteiger partial charge in [0.05, 0.1) is 53.9 Å². The number of hydrogen-bond acceptors (Lipinski definition) is 8. The first kappa shape index (κ1) is 36.7. The summed E-state index contributed by atoms with van der Waals surface area (Å²) in [6.45, 7) is 31.2. The molecule has 1 aliphatic carbocycles. The van der Waals surface area contributed by atoms with E-state index in [2.05, 4.69) is 72.9 Å². The van der Waals surface area contributed by atoms with Crippen LogP contribution in [0.2, 0.25) is 0 Å². The maximum Gasteiger partial charge on any atom is 0.170 e. The van der Waals surface area contributed by atoms with Crippen molar-refractivity contribution >= 4 is 0 Å². The van der Waals surface area contributed by atoms with Crippen molar-refractivity contribution in [3.05, 3.63) is 0 Å². The molecule has 0 radical (unpaired) electrons. The lowest BCUT2D eigenvalue weighted by molar-refractivity contribution is -0.202. The fraction of sp³-hybridized carbons (Fsp3) is 1.00. The van der Waals surface area contributed by atoms with Crippen LogP contribution in [0.25, 0.3) is 0 Å². The second kappa shape index (κ2) is 17.0. The first-order valence-corrected chi connectivity index (χ1v) is 15.1. The SMILES string of the molecule is CC(C)(C)OC1CC1.CC(C)(C)OC1CCNC1.CC(C)(C)OC1CCOC1.CC(C)(C)OC1CNCCO1. The molecule has 3 unspecified atom stereocenters. The lowest BCUT2D eigenvalue weighted by Gasteiger charge is -2.30. The van der Waals surface area contributed by atoms with Crippen LogP contribution in [-0.4, -0.2) is 93.0 Å². The third-order valence-electron chi connectivity index (χ3n) is 5.37. The summed E-state index contributed by atoms with van der Waals surface area (Å²) in [4.78, 5) is 0. The van der Waals surface area contributed by atoms with Gasteiger partial charge in [-0.1, -0.05) is 0 Å². The van der Waals surface area contributed by atoms with Crippen molar-refractivity contribution in [3.63, 3.8) is 0 Å². The molecule has 39 heavy (non-hydrogen) atoms. The molecule has 0 bridgehead atoms. The van der Waals surface area contributed by atoms with Crippen LogP contribution in [0.4, 0.5) is 0 Å². The summed E-state index contributed by atoms with van der Waals surface area (Å²) in [6, 6.07) is 0. The van der Waals surface area contributed by atoms with Crippen LogP contribution in [0.5, 0.6) is 0 Å². The van der Waals surface area contributed by atoms with Crippen molar-refractivity contribution in [1.29, 1.82) is 0 Å². The first-order chi connectivity index (χ1) is 17.8. The summed E-state index contributed by atoms with van der Waals surface area (Å²) in [6.07, 6.45) is 6.07. The maximum absolute atomic E-state index is 5.74. The second-order valence-electron chi connectivity index (χ2n) is 14.7. The topological polar surface area (TPSA) is 79.4 Å². The van der Waals surface area contributed by atoms with Gasteiger partial charge in [0.1, 0.15) is 0 Å². The molecular weight excluding hydrogens is 496 g/mol. The van der Waals surface area contributed by atoms with Gasteiger partial charge in [0, 0.05) is 26.2 Å². The normalized spacial score (nSPS) is 26.0. The zero-order valence-electron chi connectivity index (χ0n) is 27.5. The number of nitrogens with one attached hydrogen (secondary N) is 2. The Labute approximate surface area is 240 Å². The Morgan fingerprint density at radius 3 is 1.38 bits per heavy atom. The molecule has 3 aliphatic heterocycles. The monoisotopic (exact) mass is 560 g/mol. The molecule has 0 aromatic carbocycles. The predicted molar refractivity (Wildman–Crippen MR) is 159 cm³/mol. The molecule has 8 heteroatoms. The van der Waals surface area contributed by atoms with Gasteiger partial charge in [-0.15, -0.1) is 0 Å². The van der Waals surface area contributed by atoms with E-state index in [1.54, 1.807) is 0 Å². The molecule has 4 aliphatic rings. The van der Waals surface area contributed by atoms with E-state index in [4.69, 9.17) is 28.4 Å². The summed E-state index contributed by atoms with van der Waals surface area (Å²) in [5.41, 5.74) is -0.0140. The molecule has 2 N–H and O–H groups in total. The quantitative estimate of drug-likeness (QED) is 0.469. The van der Waals surface area contributed by atoms with E-state index < -0.39 is 0 Å². The van der Waals surface area contributed by atoms with Gasteiger partial charge in [0.25, 0.3) is 0 Å². The number of morpholine rings is 1. The van der Waals surface area contributed by atoms with Crippen LogP contribution in [0.15, 0.2) is 0 Å². The van der Waals surface area contributed by atoms with Gasteiger partial charge in [-0.25, -0.2) is 0 Å². The van der Waals surface area contributed by atoms with Gasteiger partial charge in [-0.3, -0.25) is 0 Å². The van der Waals surface area contributed by atoms with Crippen LogP contribution < -0.4 is 10.6 Å². The van der Waals surface area contributed by atoms with Crippen molar-refractivity contribution in [1.82, 2.24) is 10.6 Å². The summed E-state index contributed by atoms with van der Waals surface area (Å²) in [5, 5.41) is 6.48. The fourth-order valence-electron chi connectivity index (χ4n) is 4.03. The van der Waals surface area contributed by atoms with Gasteiger partial charge >= 0.3 is 0 Å². The van der Waals surface area contributed by atoms with Crippen molar-refractivity contribution in [2.75, 3.05) is 46.0 Å². The molecule has 4 fully saturated rings. The highest BCUT2D eigenvalue weighted by atomic mass is 16.7. The molecule has 0 amide bonds. The maximum atomic E-state index is 5.74. The largest absolute Gasteiger partial charge is 0.379 e. The van der Waals surface area contributed by atoms with E-state index in [0.717, 1.165) is 58.8 Å². The Balaban J connectivity index is 0.000000261. The van der Waals surface area contributed by atoms with Gasteiger partial charge in [-0.05, 0) is 115 Å². The minimum absolute atomic E-state index is 0.0155. The molecule has 0 spiro atoms. The van der Waals surface area contributed by atoms with Crippen LogP contribution in [0.1, 0.15) is 109 Å². The number of ether oxygens (including phenoxy) is 6. The Morgan fingerprint density at radius 1 is 0.513 bits per heavy atom. The highest BCUT2D eigenvalue weighted by Gasteiger charge is 2.27. The molecule has 0 aromatic heterocycles. The number of rotatable bonds is 4. The second-order valence-corrected chi connectivity index (χ2v) is 14.7. The van der Waals surface area contributed by atoms with Gasteiger partial charge in [-0.2, -0.15) is 0 Å². The van der Waals surface area contributed by atoms with E-state index >= 15 is 0 Å². The van der Waals surface area contributed by atoms with Crippen molar-refractivity contribution in [2.24, 2.45) is 0 Å². The summed E-state index contributed by atoms with van der Waals surface area (Å²) >= 11 is 0. The minimum Gasteiger partial charge on any atom is -0.379 e. The highest BCUT2D eigenvalue weighted by Crippen LogP contribution is 2.28. The number of hydrogen-bond donors (Lipinski definition) is 2. The molecule has 3 atom stereocenters.